The van der Waals surface area contributed by atoms with Gasteiger partial charge in [-0.15, -0.1) is 11.3 Å². The minimum absolute atomic E-state index is 0.101. The number of amides is 1. The van der Waals surface area contributed by atoms with Gasteiger partial charge in [0.05, 0.1) is 25.4 Å². The molecule has 0 aromatic carbocycles. The molecule has 110 valence electrons. The van der Waals surface area contributed by atoms with Crippen LogP contribution in [-0.4, -0.2) is 40.0 Å². The molecule has 0 unspecified atom stereocenters. The number of halogens is 1. The van der Waals surface area contributed by atoms with Crippen LogP contribution >= 0.6 is 11.3 Å². The molecule has 5 nitrogen and oxygen atoms in total. The van der Waals surface area contributed by atoms with Crippen molar-refractivity contribution < 1.29 is 13.9 Å². The van der Waals surface area contributed by atoms with Crippen molar-refractivity contribution in [3.05, 3.63) is 40.6 Å². The summed E-state index contributed by atoms with van der Waals surface area (Å²) in [5, 5.41) is 1.96. The van der Waals surface area contributed by atoms with Gasteiger partial charge in [-0.05, 0) is 11.4 Å². The molecule has 0 radical (unpaired) electrons. The molecule has 0 aliphatic carbocycles. The second-order valence-electron chi connectivity index (χ2n) is 4.81. The van der Waals surface area contributed by atoms with Gasteiger partial charge in [-0.25, -0.2) is 14.4 Å². The standard InChI is InChI=1S/C14H14FN3O2S/c15-10-7-16-14(17-8-10)20-11-3-4-18(9-11)13(19)6-12-2-1-5-21-12/h1-2,5,7-8,11H,3-4,6,9H2/t11-/m1/s1. The Morgan fingerprint density at radius 2 is 2.29 bits per heavy atom. The average molecular weight is 307 g/mol. The minimum atomic E-state index is -0.499. The van der Waals surface area contributed by atoms with Gasteiger partial charge >= 0.3 is 6.01 Å². The zero-order chi connectivity index (χ0) is 14.7. The summed E-state index contributed by atoms with van der Waals surface area (Å²) in [7, 11) is 0. The monoisotopic (exact) mass is 307 g/mol. The number of thiophene rings is 1. The van der Waals surface area contributed by atoms with E-state index in [0.29, 0.717) is 19.5 Å². The highest BCUT2D eigenvalue weighted by molar-refractivity contribution is 7.10. The van der Waals surface area contributed by atoms with Crippen LogP contribution in [0.25, 0.3) is 0 Å². The Hall–Kier alpha value is -2.02. The fraction of sp³-hybridized carbons (Fsp3) is 0.357. The predicted octanol–water partition coefficient (Wildman–Crippen LogP) is 1.90. The van der Waals surface area contributed by atoms with Crippen molar-refractivity contribution in [2.24, 2.45) is 0 Å². The smallest absolute Gasteiger partial charge is 0.316 e. The van der Waals surface area contributed by atoms with Crippen LogP contribution in [0.5, 0.6) is 6.01 Å². The molecule has 2 aromatic rings. The topological polar surface area (TPSA) is 55.3 Å². The van der Waals surface area contributed by atoms with Crippen molar-refractivity contribution in [3.8, 4) is 6.01 Å². The lowest BCUT2D eigenvalue weighted by Gasteiger charge is -2.16. The van der Waals surface area contributed by atoms with E-state index in [1.165, 1.54) is 0 Å². The lowest BCUT2D eigenvalue weighted by Crippen LogP contribution is -2.32. The summed E-state index contributed by atoms with van der Waals surface area (Å²) >= 11 is 1.58. The summed E-state index contributed by atoms with van der Waals surface area (Å²) in [6.07, 6.45) is 3.16. The van der Waals surface area contributed by atoms with Crippen LogP contribution in [0.4, 0.5) is 4.39 Å². The van der Waals surface area contributed by atoms with Gasteiger partial charge in [0.25, 0.3) is 0 Å². The fourth-order valence-electron chi connectivity index (χ4n) is 2.24. The lowest BCUT2D eigenvalue weighted by molar-refractivity contribution is -0.129. The summed E-state index contributed by atoms with van der Waals surface area (Å²) in [6, 6.07) is 4.04. The van der Waals surface area contributed by atoms with E-state index in [1.54, 1.807) is 16.2 Å². The SMILES string of the molecule is O=C(Cc1cccs1)N1CC[C@@H](Oc2ncc(F)cn2)C1. The van der Waals surface area contributed by atoms with E-state index in [-0.39, 0.29) is 18.0 Å². The first-order chi connectivity index (χ1) is 10.2. The van der Waals surface area contributed by atoms with Crippen LogP contribution in [-0.2, 0) is 11.2 Å². The second-order valence-corrected chi connectivity index (χ2v) is 5.84. The molecule has 1 atom stereocenters. The highest BCUT2D eigenvalue weighted by atomic mass is 32.1. The molecule has 2 aromatic heterocycles. The van der Waals surface area contributed by atoms with E-state index in [9.17, 15) is 9.18 Å². The summed E-state index contributed by atoms with van der Waals surface area (Å²) in [5.74, 6) is -0.398. The first kappa shape index (κ1) is 13.9. The molecule has 21 heavy (non-hydrogen) atoms. The molecular weight excluding hydrogens is 293 g/mol. The van der Waals surface area contributed by atoms with Crippen molar-refractivity contribution in [1.82, 2.24) is 14.9 Å². The Morgan fingerprint density at radius 1 is 1.48 bits per heavy atom. The number of aromatic nitrogens is 2. The highest BCUT2D eigenvalue weighted by Gasteiger charge is 2.28. The van der Waals surface area contributed by atoms with E-state index in [0.717, 1.165) is 23.7 Å². The highest BCUT2D eigenvalue weighted by Crippen LogP contribution is 2.17. The predicted molar refractivity (Wildman–Crippen MR) is 75.6 cm³/mol. The molecule has 3 rings (SSSR count). The van der Waals surface area contributed by atoms with Gasteiger partial charge in [0, 0.05) is 17.8 Å². The molecule has 1 fully saturated rings. The largest absolute Gasteiger partial charge is 0.458 e. The number of carbonyl (C=O) groups excluding carboxylic acids is 1. The number of carbonyl (C=O) groups is 1. The zero-order valence-corrected chi connectivity index (χ0v) is 12.1. The van der Waals surface area contributed by atoms with Crippen molar-refractivity contribution in [2.75, 3.05) is 13.1 Å². The van der Waals surface area contributed by atoms with Gasteiger partial charge in [-0.1, -0.05) is 6.07 Å². The molecule has 1 saturated heterocycles. The number of rotatable bonds is 4. The zero-order valence-electron chi connectivity index (χ0n) is 11.2. The molecule has 0 saturated carbocycles. The fourth-order valence-corrected chi connectivity index (χ4v) is 2.93. The van der Waals surface area contributed by atoms with Gasteiger partial charge in [0.1, 0.15) is 6.10 Å². The quantitative estimate of drug-likeness (QED) is 0.866. The Bertz CT molecular complexity index is 603. The van der Waals surface area contributed by atoms with E-state index in [4.69, 9.17) is 4.74 Å². The number of hydrogen-bond donors (Lipinski definition) is 0. The number of ether oxygens (including phenoxy) is 1. The summed E-state index contributed by atoms with van der Waals surface area (Å²) in [6.45, 7) is 1.18. The third kappa shape index (κ3) is 3.55. The molecule has 0 spiro atoms. The molecule has 0 N–H and O–H groups in total. The van der Waals surface area contributed by atoms with Crippen molar-refractivity contribution in [1.29, 1.82) is 0 Å². The third-order valence-corrected chi connectivity index (χ3v) is 4.15. The van der Waals surface area contributed by atoms with E-state index in [1.807, 2.05) is 17.5 Å². The van der Waals surface area contributed by atoms with Gasteiger partial charge in [0.15, 0.2) is 5.82 Å². The maximum atomic E-state index is 12.7. The van der Waals surface area contributed by atoms with E-state index >= 15 is 0 Å². The summed E-state index contributed by atoms with van der Waals surface area (Å²) in [5.41, 5.74) is 0. The number of likely N-dealkylation sites (tertiary alicyclic amines) is 1. The first-order valence-corrected chi connectivity index (χ1v) is 7.53. The van der Waals surface area contributed by atoms with Gasteiger partial charge in [-0.3, -0.25) is 4.79 Å². The van der Waals surface area contributed by atoms with Crippen LogP contribution in [0.1, 0.15) is 11.3 Å². The van der Waals surface area contributed by atoms with Crippen molar-refractivity contribution >= 4 is 17.2 Å². The van der Waals surface area contributed by atoms with Crippen LogP contribution in [0.15, 0.2) is 29.9 Å². The molecule has 3 heterocycles. The normalized spacial score (nSPS) is 18.0. The number of nitrogens with zero attached hydrogens (tertiary/aromatic N) is 3. The van der Waals surface area contributed by atoms with Gasteiger partial charge in [0.2, 0.25) is 5.91 Å². The number of hydrogen-bond acceptors (Lipinski definition) is 5. The van der Waals surface area contributed by atoms with Crippen LogP contribution in [0.2, 0.25) is 0 Å². The summed E-state index contributed by atoms with van der Waals surface area (Å²) < 4.78 is 18.3. The van der Waals surface area contributed by atoms with Crippen LogP contribution in [0.3, 0.4) is 0 Å². The summed E-state index contributed by atoms with van der Waals surface area (Å²) in [4.78, 5) is 22.5. The molecule has 1 aliphatic rings. The third-order valence-electron chi connectivity index (χ3n) is 3.27. The second kappa shape index (κ2) is 6.17. The maximum Gasteiger partial charge on any atom is 0.316 e. The average Bonchev–Trinajstić information content (AvgIpc) is 3.13. The molecule has 7 heteroatoms. The Balaban J connectivity index is 1.53. The Kier molecular flexibility index (Phi) is 4.10. The van der Waals surface area contributed by atoms with E-state index < -0.39 is 5.82 Å². The van der Waals surface area contributed by atoms with Gasteiger partial charge < -0.3 is 9.64 Å². The van der Waals surface area contributed by atoms with E-state index in [2.05, 4.69) is 9.97 Å². The Morgan fingerprint density at radius 3 is 3.00 bits per heavy atom. The van der Waals surface area contributed by atoms with Crippen molar-refractivity contribution in [3.63, 3.8) is 0 Å². The van der Waals surface area contributed by atoms with Gasteiger partial charge in [-0.2, -0.15) is 0 Å². The molecule has 0 bridgehead atoms. The Labute approximate surface area is 125 Å². The maximum absolute atomic E-state index is 12.7. The lowest BCUT2D eigenvalue weighted by atomic mass is 10.3. The molecular formula is C14H14FN3O2S. The molecule has 1 aliphatic heterocycles. The first-order valence-electron chi connectivity index (χ1n) is 6.65. The molecule has 1 amide bonds. The van der Waals surface area contributed by atoms with Crippen LogP contribution < -0.4 is 4.74 Å². The minimum Gasteiger partial charge on any atom is -0.458 e. The van der Waals surface area contributed by atoms with Crippen LogP contribution in [0, 0.1) is 5.82 Å². The van der Waals surface area contributed by atoms with Crippen molar-refractivity contribution in [2.45, 2.75) is 18.9 Å².